The number of nitrogens with zero attached hydrogens (tertiary/aromatic N) is 2. The third-order valence-electron chi connectivity index (χ3n) is 4.40. The fourth-order valence-electron chi connectivity index (χ4n) is 2.66. The van der Waals surface area contributed by atoms with Crippen molar-refractivity contribution in [2.45, 2.75) is 59.6 Å². The van der Waals surface area contributed by atoms with E-state index in [4.69, 9.17) is 10.5 Å². The number of nitrogens with one attached hydrogen (secondary N) is 1. The molecule has 2 unspecified atom stereocenters. The van der Waals surface area contributed by atoms with Crippen molar-refractivity contribution in [1.82, 2.24) is 9.97 Å². The first-order valence-electron chi connectivity index (χ1n) is 7.41. The van der Waals surface area contributed by atoms with E-state index in [1.165, 1.54) is 0 Å². The van der Waals surface area contributed by atoms with Crippen molar-refractivity contribution in [3.63, 3.8) is 0 Å². The molecule has 1 aromatic heterocycles. The van der Waals surface area contributed by atoms with Gasteiger partial charge < -0.3 is 15.8 Å². The number of hydrogen-bond acceptors (Lipinski definition) is 5. The van der Waals surface area contributed by atoms with Crippen molar-refractivity contribution in [2.75, 3.05) is 17.7 Å². The van der Waals surface area contributed by atoms with Gasteiger partial charge >= 0.3 is 0 Å². The minimum absolute atomic E-state index is 0.106. The standard InChI is InChI=1S/C15H26N4O/c1-6-12-18-13(16)9(3)14(19-12)17-10-8-11(20-7-2)15(10,4)5/h10-11H,6-8H2,1-5H3,(H3,16,17,18,19). The molecular weight excluding hydrogens is 252 g/mol. The molecule has 112 valence electrons. The van der Waals surface area contributed by atoms with Crippen LogP contribution in [0, 0.1) is 12.3 Å². The quantitative estimate of drug-likeness (QED) is 0.866. The molecule has 1 aliphatic carbocycles. The Balaban J connectivity index is 2.14. The maximum absolute atomic E-state index is 5.96. The van der Waals surface area contributed by atoms with Gasteiger partial charge in [-0.15, -0.1) is 0 Å². The first kappa shape index (κ1) is 15.0. The average molecular weight is 278 g/mol. The van der Waals surface area contributed by atoms with Crippen LogP contribution in [0.1, 0.15) is 45.5 Å². The molecule has 0 bridgehead atoms. The lowest BCUT2D eigenvalue weighted by Gasteiger charge is -2.51. The van der Waals surface area contributed by atoms with E-state index in [-0.39, 0.29) is 5.41 Å². The van der Waals surface area contributed by atoms with Crippen LogP contribution in [0.2, 0.25) is 0 Å². The molecule has 5 nitrogen and oxygen atoms in total. The molecule has 0 aliphatic heterocycles. The molecule has 0 aromatic carbocycles. The van der Waals surface area contributed by atoms with Crippen LogP contribution in [-0.4, -0.2) is 28.7 Å². The predicted octanol–water partition coefficient (Wildman–Crippen LogP) is 2.55. The minimum atomic E-state index is 0.106. The van der Waals surface area contributed by atoms with E-state index in [1.54, 1.807) is 0 Å². The van der Waals surface area contributed by atoms with Gasteiger partial charge in [0.25, 0.3) is 0 Å². The van der Waals surface area contributed by atoms with E-state index >= 15 is 0 Å². The van der Waals surface area contributed by atoms with Crippen LogP contribution >= 0.6 is 0 Å². The molecule has 5 heteroatoms. The first-order chi connectivity index (χ1) is 9.40. The van der Waals surface area contributed by atoms with Crippen molar-refractivity contribution in [3.05, 3.63) is 11.4 Å². The molecule has 1 aromatic rings. The van der Waals surface area contributed by atoms with E-state index in [9.17, 15) is 0 Å². The second-order valence-electron chi connectivity index (χ2n) is 6.05. The van der Waals surface area contributed by atoms with Crippen LogP contribution in [0.25, 0.3) is 0 Å². The van der Waals surface area contributed by atoms with Crippen LogP contribution in [0.3, 0.4) is 0 Å². The molecule has 20 heavy (non-hydrogen) atoms. The number of nitrogens with two attached hydrogens (primary N) is 1. The highest BCUT2D eigenvalue weighted by atomic mass is 16.5. The molecule has 0 saturated heterocycles. The summed E-state index contributed by atoms with van der Waals surface area (Å²) >= 11 is 0. The lowest BCUT2D eigenvalue weighted by atomic mass is 9.64. The SMILES string of the molecule is CCOC1CC(Nc2nc(CC)nc(N)c2C)C1(C)C. The summed E-state index contributed by atoms with van der Waals surface area (Å²) in [6, 6.07) is 0.358. The fraction of sp³-hybridized carbons (Fsp3) is 0.733. The van der Waals surface area contributed by atoms with Gasteiger partial charge in [0.05, 0.1) is 6.10 Å². The second-order valence-corrected chi connectivity index (χ2v) is 6.05. The van der Waals surface area contributed by atoms with Crippen LogP contribution in [0.4, 0.5) is 11.6 Å². The largest absolute Gasteiger partial charge is 0.383 e. The predicted molar refractivity (Wildman–Crippen MR) is 81.8 cm³/mol. The Hall–Kier alpha value is -1.36. The summed E-state index contributed by atoms with van der Waals surface area (Å²) in [4.78, 5) is 8.85. The zero-order valence-electron chi connectivity index (χ0n) is 13.2. The van der Waals surface area contributed by atoms with E-state index < -0.39 is 0 Å². The summed E-state index contributed by atoms with van der Waals surface area (Å²) in [5.41, 5.74) is 6.99. The van der Waals surface area contributed by atoms with E-state index in [2.05, 4.69) is 29.1 Å². The summed E-state index contributed by atoms with van der Waals surface area (Å²) in [5.74, 6) is 2.22. The Morgan fingerprint density at radius 1 is 1.35 bits per heavy atom. The third-order valence-corrected chi connectivity index (χ3v) is 4.40. The second kappa shape index (κ2) is 5.56. The van der Waals surface area contributed by atoms with Gasteiger partial charge in [0, 0.05) is 30.0 Å². The number of ether oxygens (including phenoxy) is 1. The van der Waals surface area contributed by atoms with Crippen molar-refractivity contribution >= 4 is 11.6 Å². The van der Waals surface area contributed by atoms with Gasteiger partial charge in [-0.25, -0.2) is 9.97 Å². The summed E-state index contributed by atoms with van der Waals surface area (Å²) in [6.45, 7) is 11.3. The van der Waals surface area contributed by atoms with E-state index in [0.717, 1.165) is 36.7 Å². The number of aromatic nitrogens is 2. The molecular formula is C15H26N4O. The van der Waals surface area contributed by atoms with Gasteiger partial charge in [-0.3, -0.25) is 0 Å². The lowest BCUT2D eigenvalue weighted by molar-refractivity contribution is -0.0976. The third kappa shape index (κ3) is 2.59. The number of anilines is 2. The monoisotopic (exact) mass is 278 g/mol. The topological polar surface area (TPSA) is 73.1 Å². The number of nitrogen functional groups attached to an aromatic ring is 1. The maximum Gasteiger partial charge on any atom is 0.135 e. The summed E-state index contributed by atoms with van der Waals surface area (Å²) in [5, 5.41) is 3.53. The molecule has 2 atom stereocenters. The summed E-state index contributed by atoms with van der Waals surface area (Å²) in [7, 11) is 0. The zero-order valence-corrected chi connectivity index (χ0v) is 13.2. The summed E-state index contributed by atoms with van der Waals surface area (Å²) < 4.78 is 5.76. The minimum Gasteiger partial charge on any atom is -0.383 e. The summed E-state index contributed by atoms with van der Waals surface area (Å²) in [6.07, 6.45) is 2.11. The van der Waals surface area contributed by atoms with Crippen molar-refractivity contribution < 1.29 is 4.74 Å². The van der Waals surface area contributed by atoms with Crippen molar-refractivity contribution in [2.24, 2.45) is 5.41 Å². The zero-order chi connectivity index (χ0) is 14.9. The maximum atomic E-state index is 5.96. The highest BCUT2D eigenvalue weighted by Crippen LogP contribution is 2.44. The van der Waals surface area contributed by atoms with Crippen molar-refractivity contribution in [3.8, 4) is 0 Å². The first-order valence-corrected chi connectivity index (χ1v) is 7.41. The molecule has 0 spiro atoms. The van der Waals surface area contributed by atoms with Gasteiger partial charge in [0.1, 0.15) is 17.5 Å². The van der Waals surface area contributed by atoms with Crippen molar-refractivity contribution in [1.29, 1.82) is 0 Å². The highest BCUT2D eigenvalue weighted by molar-refractivity contribution is 5.55. The highest BCUT2D eigenvalue weighted by Gasteiger charge is 2.49. The Kier molecular flexibility index (Phi) is 4.18. The Morgan fingerprint density at radius 3 is 2.60 bits per heavy atom. The smallest absolute Gasteiger partial charge is 0.135 e. The van der Waals surface area contributed by atoms with E-state index in [0.29, 0.717) is 18.0 Å². The van der Waals surface area contributed by atoms with Gasteiger partial charge in [-0.2, -0.15) is 0 Å². The fourth-order valence-corrected chi connectivity index (χ4v) is 2.66. The van der Waals surface area contributed by atoms with Gasteiger partial charge in [-0.1, -0.05) is 20.8 Å². The Labute approximate surface area is 121 Å². The molecule has 2 rings (SSSR count). The number of hydrogen-bond donors (Lipinski definition) is 2. The van der Waals surface area contributed by atoms with Gasteiger partial charge in [0.2, 0.25) is 0 Å². The lowest BCUT2D eigenvalue weighted by Crippen LogP contribution is -2.58. The number of rotatable bonds is 5. The molecule has 1 fully saturated rings. The molecule has 1 heterocycles. The van der Waals surface area contributed by atoms with Gasteiger partial charge in [0.15, 0.2) is 0 Å². The normalized spacial score (nSPS) is 24.2. The average Bonchev–Trinajstić information content (AvgIpc) is 2.42. The number of aryl methyl sites for hydroxylation is 1. The Bertz CT molecular complexity index is 487. The molecule has 1 saturated carbocycles. The molecule has 1 aliphatic rings. The van der Waals surface area contributed by atoms with Crippen LogP contribution in [-0.2, 0) is 11.2 Å². The van der Waals surface area contributed by atoms with Crippen LogP contribution in [0.15, 0.2) is 0 Å². The Morgan fingerprint density at radius 2 is 2.05 bits per heavy atom. The molecule has 3 N–H and O–H groups in total. The van der Waals surface area contributed by atoms with E-state index in [1.807, 2.05) is 20.8 Å². The van der Waals surface area contributed by atoms with Crippen LogP contribution in [0.5, 0.6) is 0 Å². The molecule has 0 radical (unpaired) electrons. The van der Waals surface area contributed by atoms with Gasteiger partial charge in [-0.05, 0) is 20.3 Å². The van der Waals surface area contributed by atoms with Crippen LogP contribution < -0.4 is 11.1 Å². The molecule has 0 amide bonds.